The second-order valence-corrected chi connectivity index (χ2v) is 5.98. The fourth-order valence-corrected chi connectivity index (χ4v) is 2.45. The molecule has 1 aliphatic rings. The molecule has 2 nitrogen and oxygen atoms in total. The van der Waals surface area contributed by atoms with E-state index in [0.717, 1.165) is 32.2 Å². The zero-order valence-corrected chi connectivity index (χ0v) is 11.5. The highest BCUT2D eigenvalue weighted by Crippen LogP contribution is 2.48. The van der Waals surface area contributed by atoms with Gasteiger partial charge in [-0.3, -0.25) is 0 Å². The van der Waals surface area contributed by atoms with Crippen LogP contribution in [0, 0.1) is 5.41 Å². The molecule has 0 aromatic carbocycles. The van der Waals surface area contributed by atoms with Gasteiger partial charge in [-0.25, -0.2) is 0 Å². The molecule has 0 spiro atoms. The number of hydrogen-bond donors (Lipinski definition) is 2. The van der Waals surface area contributed by atoms with Crippen molar-refractivity contribution in [3.05, 3.63) is 0 Å². The first kappa shape index (κ1) is 14.0. The van der Waals surface area contributed by atoms with E-state index in [2.05, 4.69) is 33.0 Å². The zero-order chi connectivity index (χ0) is 12.2. The van der Waals surface area contributed by atoms with Crippen molar-refractivity contribution in [2.45, 2.75) is 77.9 Å². The minimum absolute atomic E-state index is 0.483. The molecule has 0 aliphatic heterocycles. The first-order valence-corrected chi connectivity index (χ1v) is 6.91. The summed E-state index contributed by atoms with van der Waals surface area (Å²) in [5.41, 5.74) is 0.0162. The van der Waals surface area contributed by atoms with Crippen LogP contribution in [0.25, 0.3) is 0 Å². The van der Waals surface area contributed by atoms with Crippen molar-refractivity contribution < 1.29 is 5.11 Å². The van der Waals surface area contributed by atoms with Gasteiger partial charge in [0.1, 0.15) is 0 Å². The Kier molecular flexibility index (Phi) is 4.81. The van der Waals surface area contributed by atoms with Crippen molar-refractivity contribution >= 4 is 0 Å². The average Bonchev–Trinajstić information content (AvgIpc) is 2.95. The largest absolute Gasteiger partial charge is 0.389 e. The number of rotatable bonds is 8. The van der Waals surface area contributed by atoms with E-state index in [-0.39, 0.29) is 0 Å². The molecular weight excluding hydrogens is 198 g/mol. The van der Waals surface area contributed by atoms with Crippen molar-refractivity contribution in [2.75, 3.05) is 6.54 Å². The van der Waals surface area contributed by atoms with Gasteiger partial charge >= 0.3 is 0 Å². The van der Waals surface area contributed by atoms with Crippen molar-refractivity contribution in [2.24, 2.45) is 5.41 Å². The second-order valence-electron chi connectivity index (χ2n) is 5.98. The molecule has 0 heterocycles. The van der Waals surface area contributed by atoms with E-state index in [9.17, 15) is 5.11 Å². The highest BCUT2D eigenvalue weighted by molar-refractivity contribution is 4.97. The molecule has 2 N–H and O–H groups in total. The van der Waals surface area contributed by atoms with Gasteiger partial charge in [-0.2, -0.15) is 0 Å². The molecule has 1 atom stereocenters. The van der Waals surface area contributed by atoms with E-state index in [4.69, 9.17) is 0 Å². The lowest BCUT2D eigenvalue weighted by Gasteiger charge is -2.31. The second kappa shape index (κ2) is 5.50. The fraction of sp³-hybridized carbons (Fsp3) is 1.00. The Balaban J connectivity index is 2.36. The molecule has 16 heavy (non-hydrogen) atoms. The SMILES string of the molecule is CCCC(O)(CCC)CNC(C)C1(C)CC1. The predicted molar refractivity (Wildman–Crippen MR) is 69.6 cm³/mol. The molecule has 0 radical (unpaired) electrons. The van der Waals surface area contributed by atoms with Crippen LogP contribution in [0.1, 0.15) is 66.2 Å². The summed E-state index contributed by atoms with van der Waals surface area (Å²) in [4.78, 5) is 0. The average molecular weight is 227 g/mol. The van der Waals surface area contributed by atoms with E-state index < -0.39 is 5.60 Å². The summed E-state index contributed by atoms with van der Waals surface area (Å²) in [5.74, 6) is 0. The smallest absolute Gasteiger partial charge is 0.0771 e. The molecular formula is C14H29NO. The Morgan fingerprint density at radius 2 is 1.75 bits per heavy atom. The summed E-state index contributed by atoms with van der Waals surface area (Å²) in [5, 5.41) is 14.0. The van der Waals surface area contributed by atoms with E-state index in [1.54, 1.807) is 0 Å². The molecule has 1 aliphatic carbocycles. The van der Waals surface area contributed by atoms with E-state index >= 15 is 0 Å². The van der Waals surface area contributed by atoms with Crippen LogP contribution in [0.2, 0.25) is 0 Å². The normalized spacial score (nSPS) is 20.8. The van der Waals surface area contributed by atoms with E-state index in [0.29, 0.717) is 11.5 Å². The third-order valence-electron chi connectivity index (χ3n) is 4.25. The first-order valence-electron chi connectivity index (χ1n) is 6.91. The number of hydrogen-bond acceptors (Lipinski definition) is 2. The monoisotopic (exact) mass is 227 g/mol. The summed E-state index contributed by atoms with van der Waals surface area (Å²) >= 11 is 0. The Bertz CT molecular complexity index is 205. The minimum atomic E-state index is -0.483. The van der Waals surface area contributed by atoms with Gasteiger partial charge in [0.15, 0.2) is 0 Å². The summed E-state index contributed by atoms with van der Waals surface area (Å²) in [6.45, 7) is 9.64. The molecule has 1 unspecified atom stereocenters. The Morgan fingerprint density at radius 1 is 1.25 bits per heavy atom. The van der Waals surface area contributed by atoms with Crippen molar-refractivity contribution in [1.29, 1.82) is 0 Å². The molecule has 96 valence electrons. The lowest BCUT2D eigenvalue weighted by Crippen LogP contribution is -2.46. The van der Waals surface area contributed by atoms with Gasteiger partial charge in [0.2, 0.25) is 0 Å². The van der Waals surface area contributed by atoms with Crippen LogP contribution in [0.15, 0.2) is 0 Å². The Morgan fingerprint density at radius 3 is 2.12 bits per heavy atom. The summed E-state index contributed by atoms with van der Waals surface area (Å²) in [7, 11) is 0. The molecule has 1 saturated carbocycles. The molecule has 0 aromatic heterocycles. The molecule has 1 fully saturated rings. The van der Waals surface area contributed by atoms with E-state index in [1.165, 1.54) is 12.8 Å². The van der Waals surface area contributed by atoms with Gasteiger partial charge in [-0.05, 0) is 38.0 Å². The van der Waals surface area contributed by atoms with Crippen molar-refractivity contribution in [1.82, 2.24) is 5.32 Å². The van der Waals surface area contributed by atoms with Gasteiger partial charge in [0.25, 0.3) is 0 Å². The lowest BCUT2D eigenvalue weighted by molar-refractivity contribution is 0.0177. The van der Waals surface area contributed by atoms with E-state index in [1.807, 2.05) is 0 Å². The molecule has 2 heteroatoms. The van der Waals surface area contributed by atoms with Crippen LogP contribution in [-0.4, -0.2) is 23.3 Å². The highest BCUT2D eigenvalue weighted by Gasteiger charge is 2.42. The third-order valence-corrected chi connectivity index (χ3v) is 4.25. The molecule has 0 saturated heterocycles. The third kappa shape index (κ3) is 3.74. The number of nitrogens with one attached hydrogen (secondary N) is 1. The minimum Gasteiger partial charge on any atom is -0.389 e. The first-order chi connectivity index (χ1) is 7.46. The van der Waals surface area contributed by atoms with Crippen LogP contribution in [-0.2, 0) is 0 Å². The van der Waals surface area contributed by atoms with Gasteiger partial charge in [0.05, 0.1) is 5.60 Å². The Hall–Kier alpha value is -0.0800. The topological polar surface area (TPSA) is 32.3 Å². The number of aliphatic hydroxyl groups is 1. The van der Waals surface area contributed by atoms with Crippen LogP contribution in [0.4, 0.5) is 0 Å². The Labute approximate surface area is 101 Å². The summed E-state index contributed by atoms with van der Waals surface area (Å²) < 4.78 is 0. The van der Waals surface area contributed by atoms with Gasteiger partial charge in [-0.15, -0.1) is 0 Å². The van der Waals surface area contributed by atoms with Crippen LogP contribution in [0.5, 0.6) is 0 Å². The fourth-order valence-electron chi connectivity index (χ4n) is 2.45. The van der Waals surface area contributed by atoms with Crippen LogP contribution >= 0.6 is 0 Å². The lowest BCUT2D eigenvalue weighted by atomic mass is 9.91. The van der Waals surface area contributed by atoms with Gasteiger partial charge in [-0.1, -0.05) is 33.6 Å². The molecule has 1 rings (SSSR count). The van der Waals surface area contributed by atoms with Gasteiger partial charge < -0.3 is 10.4 Å². The van der Waals surface area contributed by atoms with Crippen molar-refractivity contribution in [3.63, 3.8) is 0 Å². The molecule has 0 bridgehead atoms. The molecule has 0 aromatic rings. The van der Waals surface area contributed by atoms with Crippen LogP contribution in [0.3, 0.4) is 0 Å². The maximum atomic E-state index is 10.5. The summed E-state index contributed by atoms with van der Waals surface area (Å²) in [6.07, 6.45) is 6.62. The maximum absolute atomic E-state index is 10.5. The predicted octanol–water partition coefficient (Wildman–Crippen LogP) is 3.10. The zero-order valence-electron chi connectivity index (χ0n) is 11.5. The molecule has 0 amide bonds. The van der Waals surface area contributed by atoms with Crippen LogP contribution < -0.4 is 5.32 Å². The standard InChI is InChI=1S/C14H29NO/c1-5-7-14(16,8-6-2)11-15-12(3)13(4)9-10-13/h12,15-16H,5-11H2,1-4H3. The van der Waals surface area contributed by atoms with Gasteiger partial charge in [0, 0.05) is 12.6 Å². The summed E-state index contributed by atoms with van der Waals surface area (Å²) in [6, 6.07) is 0.535. The van der Waals surface area contributed by atoms with Crippen molar-refractivity contribution in [3.8, 4) is 0 Å². The highest BCUT2D eigenvalue weighted by atomic mass is 16.3. The quantitative estimate of drug-likeness (QED) is 0.668. The maximum Gasteiger partial charge on any atom is 0.0771 e.